The van der Waals surface area contributed by atoms with Gasteiger partial charge < -0.3 is 4.98 Å². The van der Waals surface area contributed by atoms with Gasteiger partial charge >= 0.3 is 0 Å². The SMILES string of the molecule is CCS(=O)(=O)c1cccc(-c2cc(CN3CCC(C)CC3)cc3[nH]c4ncc(C)cc4c23)c1. The Hall–Kier alpha value is -2.70. The van der Waals surface area contributed by atoms with E-state index in [1.807, 2.05) is 31.3 Å². The molecule has 1 saturated heterocycles. The molecule has 5 rings (SSSR count). The van der Waals surface area contributed by atoms with Crippen molar-refractivity contribution in [1.29, 1.82) is 0 Å². The summed E-state index contributed by atoms with van der Waals surface area (Å²) in [7, 11) is -3.28. The van der Waals surface area contributed by atoms with E-state index in [4.69, 9.17) is 0 Å². The lowest BCUT2D eigenvalue weighted by atomic mass is 9.95. The number of hydrogen-bond acceptors (Lipinski definition) is 4. The summed E-state index contributed by atoms with van der Waals surface area (Å²) in [6, 6.07) is 14.0. The van der Waals surface area contributed by atoms with Crippen molar-refractivity contribution in [2.45, 2.75) is 45.1 Å². The standard InChI is InChI=1S/C27H31N3O2S/c1-4-33(31,32)22-7-5-6-21(15-22)23-13-20(17-30-10-8-18(2)9-11-30)14-25-26(23)24-12-19(3)16-28-27(24)29-25/h5-7,12-16,18H,4,8-11,17H2,1-3H3,(H,28,29). The molecular formula is C27H31N3O2S. The molecule has 3 heterocycles. The Bertz CT molecular complexity index is 1430. The van der Waals surface area contributed by atoms with E-state index in [0.717, 1.165) is 64.2 Å². The van der Waals surface area contributed by atoms with E-state index in [1.165, 1.54) is 18.4 Å². The average molecular weight is 462 g/mol. The van der Waals surface area contributed by atoms with Crippen LogP contribution in [0.5, 0.6) is 0 Å². The average Bonchev–Trinajstić information content (AvgIpc) is 3.17. The van der Waals surface area contributed by atoms with Crippen LogP contribution in [-0.4, -0.2) is 42.1 Å². The van der Waals surface area contributed by atoms with Gasteiger partial charge in [0.25, 0.3) is 0 Å². The van der Waals surface area contributed by atoms with Gasteiger partial charge in [0.15, 0.2) is 9.84 Å². The van der Waals surface area contributed by atoms with E-state index < -0.39 is 9.84 Å². The highest BCUT2D eigenvalue weighted by Gasteiger charge is 2.19. The number of nitrogens with zero attached hydrogens (tertiary/aromatic N) is 2. The number of rotatable bonds is 5. The van der Waals surface area contributed by atoms with Crippen LogP contribution >= 0.6 is 0 Å². The van der Waals surface area contributed by atoms with E-state index in [1.54, 1.807) is 13.0 Å². The van der Waals surface area contributed by atoms with Gasteiger partial charge in [0.2, 0.25) is 0 Å². The molecule has 0 amide bonds. The molecule has 0 bridgehead atoms. The van der Waals surface area contributed by atoms with Gasteiger partial charge in [-0.25, -0.2) is 13.4 Å². The van der Waals surface area contributed by atoms with Gasteiger partial charge in [-0.3, -0.25) is 4.90 Å². The summed E-state index contributed by atoms with van der Waals surface area (Å²) in [5.41, 5.74) is 6.22. The Morgan fingerprint density at radius 3 is 2.67 bits per heavy atom. The molecule has 33 heavy (non-hydrogen) atoms. The van der Waals surface area contributed by atoms with Crippen molar-refractivity contribution in [2.24, 2.45) is 5.92 Å². The molecule has 0 radical (unpaired) electrons. The van der Waals surface area contributed by atoms with E-state index in [9.17, 15) is 8.42 Å². The van der Waals surface area contributed by atoms with Crippen LogP contribution in [0, 0.1) is 12.8 Å². The molecule has 6 heteroatoms. The lowest BCUT2D eigenvalue weighted by Crippen LogP contribution is -2.32. The molecule has 1 N–H and O–H groups in total. The van der Waals surface area contributed by atoms with Crippen LogP contribution in [0.2, 0.25) is 0 Å². The maximum absolute atomic E-state index is 12.6. The molecular weight excluding hydrogens is 430 g/mol. The number of benzene rings is 2. The fourth-order valence-electron chi connectivity index (χ4n) is 4.90. The number of likely N-dealkylation sites (tertiary alicyclic amines) is 1. The van der Waals surface area contributed by atoms with Crippen LogP contribution in [0.3, 0.4) is 0 Å². The molecule has 0 unspecified atom stereocenters. The fraction of sp³-hybridized carbons (Fsp3) is 0.370. The lowest BCUT2D eigenvalue weighted by molar-refractivity contribution is 0.185. The van der Waals surface area contributed by atoms with Gasteiger partial charge in [0, 0.05) is 29.0 Å². The van der Waals surface area contributed by atoms with Gasteiger partial charge in [-0.1, -0.05) is 26.0 Å². The summed E-state index contributed by atoms with van der Waals surface area (Å²) < 4.78 is 25.2. The van der Waals surface area contributed by atoms with Gasteiger partial charge in [0.1, 0.15) is 5.65 Å². The summed E-state index contributed by atoms with van der Waals surface area (Å²) in [5.74, 6) is 0.890. The van der Waals surface area contributed by atoms with Crippen LogP contribution in [0.4, 0.5) is 0 Å². The molecule has 2 aromatic carbocycles. The molecule has 1 aliphatic rings. The predicted octanol–water partition coefficient (Wildman–Crippen LogP) is 5.72. The molecule has 0 atom stereocenters. The van der Waals surface area contributed by atoms with Gasteiger partial charge in [0.05, 0.1) is 10.6 Å². The summed E-state index contributed by atoms with van der Waals surface area (Å²) in [5, 5.41) is 2.17. The molecule has 0 spiro atoms. The molecule has 1 fully saturated rings. The lowest BCUT2D eigenvalue weighted by Gasteiger charge is -2.30. The topological polar surface area (TPSA) is 66.1 Å². The van der Waals surface area contributed by atoms with Gasteiger partial charge in [-0.15, -0.1) is 0 Å². The smallest absolute Gasteiger partial charge is 0.178 e. The van der Waals surface area contributed by atoms with Crippen molar-refractivity contribution in [3.05, 3.63) is 59.8 Å². The fourth-order valence-corrected chi connectivity index (χ4v) is 5.82. The maximum atomic E-state index is 12.6. The van der Waals surface area contributed by atoms with E-state index in [2.05, 4.69) is 40.0 Å². The Kier molecular flexibility index (Phi) is 5.75. The Morgan fingerprint density at radius 2 is 1.91 bits per heavy atom. The summed E-state index contributed by atoms with van der Waals surface area (Å²) in [4.78, 5) is 11.0. The zero-order valence-corrected chi connectivity index (χ0v) is 20.4. The number of aryl methyl sites for hydroxylation is 1. The summed E-state index contributed by atoms with van der Waals surface area (Å²) in [6.45, 7) is 9.20. The number of piperidine rings is 1. The highest BCUT2D eigenvalue weighted by atomic mass is 32.2. The van der Waals surface area contributed by atoms with Crippen LogP contribution in [0.25, 0.3) is 33.1 Å². The summed E-state index contributed by atoms with van der Waals surface area (Å²) in [6.07, 6.45) is 4.35. The number of aromatic amines is 1. The second-order valence-electron chi connectivity index (χ2n) is 9.49. The number of sulfone groups is 1. The molecule has 1 aliphatic heterocycles. The van der Waals surface area contributed by atoms with Crippen molar-refractivity contribution in [1.82, 2.24) is 14.9 Å². The normalized spacial score (nSPS) is 16.1. The van der Waals surface area contributed by atoms with Gasteiger partial charge in [-0.2, -0.15) is 0 Å². The van der Waals surface area contributed by atoms with Gasteiger partial charge in [-0.05, 0) is 91.4 Å². The first-order chi connectivity index (χ1) is 15.8. The summed E-state index contributed by atoms with van der Waals surface area (Å²) >= 11 is 0. The number of hydrogen-bond donors (Lipinski definition) is 1. The van der Waals surface area contributed by atoms with Crippen molar-refractivity contribution < 1.29 is 8.42 Å². The van der Waals surface area contributed by atoms with Crippen LogP contribution in [0.1, 0.15) is 37.8 Å². The number of nitrogens with one attached hydrogen (secondary N) is 1. The monoisotopic (exact) mass is 461 g/mol. The third-order valence-electron chi connectivity index (χ3n) is 6.91. The first-order valence-corrected chi connectivity index (χ1v) is 13.5. The zero-order chi connectivity index (χ0) is 23.2. The minimum Gasteiger partial charge on any atom is -0.339 e. The quantitative estimate of drug-likeness (QED) is 0.413. The highest BCUT2D eigenvalue weighted by Crippen LogP contribution is 2.37. The Balaban J connectivity index is 1.69. The highest BCUT2D eigenvalue weighted by molar-refractivity contribution is 7.91. The Morgan fingerprint density at radius 1 is 1.12 bits per heavy atom. The minimum atomic E-state index is -3.28. The first kappa shape index (κ1) is 22.1. The van der Waals surface area contributed by atoms with Crippen molar-refractivity contribution in [3.63, 3.8) is 0 Å². The first-order valence-electron chi connectivity index (χ1n) is 11.8. The number of fused-ring (bicyclic) bond motifs is 3. The predicted molar refractivity (Wildman–Crippen MR) is 135 cm³/mol. The Labute approximate surface area is 195 Å². The third-order valence-corrected chi connectivity index (χ3v) is 8.64. The number of pyridine rings is 1. The number of H-pyrrole nitrogens is 1. The van der Waals surface area contributed by atoms with Crippen molar-refractivity contribution >= 4 is 31.8 Å². The van der Waals surface area contributed by atoms with Crippen LogP contribution in [-0.2, 0) is 16.4 Å². The molecule has 5 nitrogen and oxygen atoms in total. The molecule has 0 aliphatic carbocycles. The molecule has 172 valence electrons. The third kappa shape index (κ3) is 4.30. The van der Waals surface area contributed by atoms with E-state index >= 15 is 0 Å². The van der Waals surface area contributed by atoms with Crippen molar-refractivity contribution in [3.8, 4) is 11.1 Å². The number of aromatic nitrogens is 2. The molecule has 2 aromatic heterocycles. The molecule has 0 saturated carbocycles. The second kappa shape index (κ2) is 8.58. The van der Waals surface area contributed by atoms with E-state index in [0.29, 0.717) is 4.90 Å². The van der Waals surface area contributed by atoms with Crippen LogP contribution < -0.4 is 0 Å². The second-order valence-corrected chi connectivity index (χ2v) is 11.8. The van der Waals surface area contributed by atoms with E-state index in [-0.39, 0.29) is 5.75 Å². The largest absolute Gasteiger partial charge is 0.339 e. The molecule has 4 aromatic rings. The van der Waals surface area contributed by atoms with Crippen LogP contribution in [0.15, 0.2) is 53.6 Å². The zero-order valence-electron chi connectivity index (χ0n) is 19.6. The van der Waals surface area contributed by atoms with Crippen molar-refractivity contribution in [2.75, 3.05) is 18.8 Å². The minimum absolute atomic E-state index is 0.0927. The maximum Gasteiger partial charge on any atom is 0.178 e.